The van der Waals surface area contributed by atoms with Gasteiger partial charge in [0.25, 0.3) is 5.91 Å². The molecular formula is C17H20BrN3O3. The average Bonchev–Trinajstić information content (AvgIpc) is 3.03. The molecule has 0 aliphatic carbocycles. The van der Waals surface area contributed by atoms with Crippen LogP contribution < -0.4 is 5.32 Å². The fourth-order valence-corrected chi connectivity index (χ4v) is 2.64. The molecule has 0 radical (unpaired) electrons. The Morgan fingerprint density at radius 1 is 1.17 bits per heavy atom. The summed E-state index contributed by atoms with van der Waals surface area (Å²) in [5.74, 6) is -0.960. The fraction of sp³-hybridized carbons (Fsp3) is 0.353. The molecule has 128 valence electrons. The second-order valence-corrected chi connectivity index (χ2v) is 6.35. The van der Waals surface area contributed by atoms with Crippen molar-refractivity contribution in [1.29, 1.82) is 0 Å². The molecule has 0 saturated heterocycles. The quantitative estimate of drug-likeness (QED) is 0.639. The number of carboxylic acids is 1. The van der Waals surface area contributed by atoms with Crippen molar-refractivity contribution < 1.29 is 14.7 Å². The Morgan fingerprint density at radius 2 is 1.96 bits per heavy atom. The molecule has 7 heteroatoms. The van der Waals surface area contributed by atoms with E-state index in [0.717, 1.165) is 29.4 Å². The zero-order valence-corrected chi connectivity index (χ0v) is 14.8. The van der Waals surface area contributed by atoms with E-state index in [1.165, 1.54) is 0 Å². The van der Waals surface area contributed by atoms with Crippen LogP contribution in [0.2, 0.25) is 0 Å². The van der Waals surface area contributed by atoms with Gasteiger partial charge in [-0.3, -0.25) is 9.59 Å². The summed E-state index contributed by atoms with van der Waals surface area (Å²) in [6.07, 6.45) is 5.24. The van der Waals surface area contributed by atoms with E-state index in [1.54, 1.807) is 16.9 Å². The van der Waals surface area contributed by atoms with Gasteiger partial charge in [0.2, 0.25) is 0 Å². The summed E-state index contributed by atoms with van der Waals surface area (Å²) >= 11 is 3.41. The Morgan fingerprint density at radius 3 is 2.71 bits per heavy atom. The maximum Gasteiger partial charge on any atom is 0.303 e. The van der Waals surface area contributed by atoms with Crippen molar-refractivity contribution in [2.24, 2.45) is 0 Å². The molecule has 0 bridgehead atoms. The molecule has 2 rings (SSSR count). The molecule has 0 saturated carbocycles. The van der Waals surface area contributed by atoms with Crippen molar-refractivity contribution in [3.05, 3.63) is 46.7 Å². The van der Waals surface area contributed by atoms with Crippen LogP contribution in [-0.2, 0) is 4.79 Å². The predicted molar refractivity (Wildman–Crippen MR) is 94.3 cm³/mol. The van der Waals surface area contributed by atoms with Gasteiger partial charge in [-0.25, -0.2) is 4.68 Å². The summed E-state index contributed by atoms with van der Waals surface area (Å²) in [6, 6.07) is 9.35. The molecule has 0 unspecified atom stereocenters. The van der Waals surface area contributed by atoms with Crippen molar-refractivity contribution in [1.82, 2.24) is 15.1 Å². The lowest BCUT2D eigenvalue weighted by atomic mass is 10.1. The number of unbranched alkanes of at least 4 members (excludes halogenated alkanes) is 3. The normalized spacial score (nSPS) is 10.5. The van der Waals surface area contributed by atoms with E-state index < -0.39 is 5.97 Å². The van der Waals surface area contributed by atoms with Crippen molar-refractivity contribution in [3.63, 3.8) is 0 Å². The number of halogens is 1. The van der Waals surface area contributed by atoms with E-state index in [1.807, 2.05) is 24.3 Å². The topological polar surface area (TPSA) is 84.2 Å². The Kier molecular flexibility index (Phi) is 6.99. The molecule has 0 aliphatic rings. The third kappa shape index (κ3) is 5.81. The maximum absolute atomic E-state index is 12.1. The van der Waals surface area contributed by atoms with Gasteiger partial charge in [0.1, 0.15) is 0 Å². The van der Waals surface area contributed by atoms with Gasteiger partial charge in [0.15, 0.2) is 5.69 Å². The summed E-state index contributed by atoms with van der Waals surface area (Å²) in [4.78, 5) is 22.4. The highest BCUT2D eigenvalue weighted by Gasteiger charge is 2.09. The van der Waals surface area contributed by atoms with Crippen LogP contribution in [0.1, 0.15) is 42.6 Å². The molecule has 1 aromatic heterocycles. The van der Waals surface area contributed by atoms with E-state index in [-0.39, 0.29) is 12.3 Å². The lowest BCUT2D eigenvalue weighted by Crippen LogP contribution is -2.25. The number of carboxylic acid groups (broad SMARTS) is 1. The molecule has 0 spiro atoms. The Bertz CT molecular complexity index is 700. The number of nitrogens with one attached hydrogen (secondary N) is 1. The number of carbonyl (C=O) groups excluding carboxylic acids is 1. The zero-order chi connectivity index (χ0) is 17.4. The lowest BCUT2D eigenvalue weighted by molar-refractivity contribution is -0.137. The molecular weight excluding hydrogens is 374 g/mol. The first-order valence-electron chi connectivity index (χ1n) is 7.88. The first-order chi connectivity index (χ1) is 11.6. The van der Waals surface area contributed by atoms with Gasteiger partial charge in [-0.05, 0) is 37.1 Å². The minimum absolute atomic E-state index is 0.200. The van der Waals surface area contributed by atoms with Crippen molar-refractivity contribution in [2.45, 2.75) is 32.1 Å². The predicted octanol–water partition coefficient (Wildman–Crippen LogP) is 3.40. The van der Waals surface area contributed by atoms with Crippen LogP contribution in [0.25, 0.3) is 5.69 Å². The zero-order valence-electron chi connectivity index (χ0n) is 13.2. The SMILES string of the molecule is O=C(O)CCCCCCNC(=O)c1ccn(-c2cccc(Br)c2)n1. The molecule has 1 aromatic carbocycles. The standard InChI is InChI=1S/C17H20BrN3O3/c18-13-6-5-7-14(12-13)21-11-9-15(20-21)17(24)19-10-4-2-1-3-8-16(22)23/h5-7,9,11-12H,1-4,8,10H2,(H,19,24)(H,22,23). The van der Waals surface area contributed by atoms with Gasteiger partial charge in [0.05, 0.1) is 5.69 Å². The van der Waals surface area contributed by atoms with E-state index in [2.05, 4.69) is 26.3 Å². The van der Waals surface area contributed by atoms with Gasteiger partial charge < -0.3 is 10.4 Å². The number of carbonyl (C=O) groups is 2. The average molecular weight is 394 g/mol. The van der Waals surface area contributed by atoms with E-state index in [9.17, 15) is 9.59 Å². The highest BCUT2D eigenvalue weighted by Crippen LogP contribution is 2.15. The number of aliphatic carboxylic acids is 1. The molecule has 0 fully saturated rings. The molecule has 0 aliphatic heterocycles. The first-order valence-corrected chi connectivity index (χ1v) is 8.67. The Balaban J connectivity index is 1.74. The number of aromatic nitrogens is 2. The highest BCUT2D eigenvalue weighted by atomic mass is 79.9. The third-order valence-corrected chi connectivity index (χ3v) is 3.99. The molecule has 6 nitrogen and oxygen atoms in total. The first kappa shape index (κ1) is 18.2. The smallest absolute Gasteiger partial charge is 0.303 e. The summed E-state index contributed by atoms with van der Waals surface area (Å²) in [5, 5.41) is 15.7. The lowest BCUT2D eigenvalue weighted by Gasteiger charge is -2.04. The Labute approximate surface area is 149 Å². The van der Waals surface area contributed by atoms with Gasteiger partial charge in [0, 0.05) is 23.6 Å². The van der Waals surface area contributed by atoms with E-state index in [4.69, 9.17) is 5.11 Å². The van der Waals surface area contributed by atoms with Gasteiger partial charge in [-0.2, -0.15) is 5.10 Å². The van der Waals surface area contributed by atoms with Crippen molar-refractivity contribution >= 4 is 27.8 Å². The number of nitrogens with zero attached hydrogens (tertiary/aromatic N) is 2. The van der Waals surface area contributed by atoms with Crippen LogP contribution in [0.5, 0.6) is 0 Å². The molecule has 2 aromatic rings. The fourth-order valence-electron chi connectivity index (χ4n) is 2.25. The summed E-state index contributed by atoms with van der Waals surface area (Å²) in [6.45, 7) is 0.565. The summed E-state index contributed by atoms with van der Waals surface area (Å²) in [7, 11) is 0. The molecule has 1 amide bonds. The molecule has 1 heterocycles. The monoisotopic (exact) mass is 393 g/mol. The van der Waals surface area contributed by atoms with Gasteiger partial charge in [-0.1, -0.05) is 34.8 Å². The number of amides is 1. The van der Waals surface area contributed by atoms with Crippen LogP contribution in [0.4, 0.5) is 0 Å². The largest absolute Gasteiger partial charge is 0.481 e. The number of rotatable bonds is 9. The van der Waals surface area contributed by atoms with Gasteiger partial charge in [-0.15, -0.1) is 0 Å². The van der Waals surface area contributed by atoms with Crippen molar-refractivity contribution in [3.8, 4) is 5.69 Å². The second-order valence-electron chi connectivity index (χ2n) is 5.44. The number of benzene rings is 1. The molecule has 2 N–H and O–H groups in total. The molecule has 0 atom stereocenters. The van der Waals surface area contributed by atoms with Crippen LogP contribution in [-0.4, -0.2) is 33.3 Å². The third-order valence-electron chi connectivity index (χ3n) is 3.50. The number of hydrogen-bond acceptors (Lipinski definition) is 3. The second kappa shape index (κ2) is 9.22. The van der Waals surface area contributed by atoms with Crippen LogP contribution >= 0.6 is 15.9 Å². The van der Waals surface area contributed by atoms with Crippen LogP contribution in [0.3, 0.4) is 0 Å². The number of hydrogen-bond donors (Lipinski definition) is 2. The van der Waals surface area contributed by atoms with E-state index >= 15 is 0 Å². The maximum atomic E-state index is 12.1. The van der Waals surface area contributed by atoms with E-state index in [0.29, 0.717) is 18.7 Å². The Hall–Kier alpha value is -2.15. The minimum Gasteiger partial charge on any atom is -0.481 e. The summed E-state index contributed by atoms with van der Waals surface area (Å²) < 4.78 is 2.61. The highest BCUT2D eigenvalue weighted by molar-refractivity contribution is 9.10. The summed E-state index contributed by atoms with van der Waals surface area (Å²) in [5.41, 5.74) is 1.25. The molecule has 24 heavy (non-hydrogen) atoms. The van der Waals surface area contributed by atoms with Crippen LogP contribution in [0, 0.1) is 0 Å². The van der Waals surface area contributed by atoms with Crippen LogP contribution in [0.15, 0.2) is 41.0 Å². The minimum atomic E-state index is -0.760. The van der Waals surface area contributed by atoms with Gasteiger partial charge >= 0.3 is 5.97 Å². The van der Waals surface area contributed by atoms with Crippen molar-refractivity contribution in [2.75, 3.05) is 6.54 Å².